The number of nitrogens with two attached hydrogens (primary N) is 1. The topological polar surface area (TPSA) is 29.3 Å². The molecule has 0 saturated carbocycles. The van der Waals surface area contributed by atoms with E-state index in [1.54, 1.807) is 0 Å². The SMILES string of the molecule is Cc1cc(CN2CCC(CCN)CC2)c(C)s1. The van der Waals surface area contributed by atoms with Gasteiger partial charge in [0.1, 0.15) is 0 Å². The number of aryl methyl sites for hydroxylation is 2. The van der Waals surface area contributed by atoms with Crippen molar-refractivity contribution in [3.63, 3.8) is 0 Å². The van der Waals surface area contributed by atoms with Gasteiger partial charge in [-0.1, -0.05) is 0 Å². The molecule has 1 aliphatic rings. The van der Waals surface area contributed by atoms with Crippen molar-refractivity contribution in [1.29, 1.82) is 0 Å². The van der Waals surface area contributed by atoms with Gasteiger partial charge in [0.2, 0.25) is 0 Å². The first-order valence-corrected chi connectivity index (χ1v) is 7.49. The van der Waals surface area contributed by atoms with Crippen LogP contribution in [0.25, 0.3) is 0 Å². The molecule has 17 heavy (non-hydrogen) atoms. The van der Waals surface area contributed by atoms with Gasteiger partial charge in [0, 0.05) is 16.3 Å². The predicted molar refractivity (Wildman–Crippen MR) is 75.5 cm³/mol. The number of thiophene rings is 1. The molecular formula is C14H24N2S. The summed E-state index contributed by atoms with van der Waals surface area (Å²) in [4.78, 5) is 5.53. The summed E-state index contributed by atoms with van der Waals surface area (Å²) < 4.78 is 0. The Hall–Kier alpha value is -0.380. The number of likely N-dealkylation sites (tertiary alicyclic amines) is 1. The van der Waals surface area contributed by atoms with Crippen LogP contribution in [-0.2, 0) is 6.54 Å². The Morgan fingerprint density at radius 1 is 1.35 bits per heavy atom. The Bertz CT molecular complexity index is 351. The highest BCUT2D eigenvalue weighted by molar-refractivity contribution is 7.12. The fraction of sp³-hybridized carbons (Fsp3) is 0.714. The van der Waals surface area contributed by atoms with E-state index in [4.69, 9.17) is 5.73 Å². The van der Waals surface area contributed by atoms with E-state index in [1.165, 1.54) is 47.7 Å². The molecule has 2 N–H and O–H groups in total. The van der Waals surface area contributed by atoms with Gasteiger partial charge in [-0.25, -0.2) is 0 Å². The number of rotatable bonds is 4. The summed E-state index contributed by atoms with van der Waals surface area (Å²) in [6.45, 7) is 8.94. The molecule has 0 aliphatic carbocycles. The van der Waals surface area contributed by atoms with Crippen molar-refractivity contribution in [2.75, 3.05) is 19.6 Å². The molecule has 2 nitrogen and oxygen atoms in total. The molecule has 0 bridgehead atoms. The zero-order chi connectivity index (χ0) is 12.3. The molecule has 0 atom stereocenters. The van der Waals surface area contributed by atoms with Gasteiger partial charge < -0.3 is 5.73 Å². The second-order valence-electron chi connectivity index (χ2n) is 5.24. The lowest BCUT2D eigenvalue weighted by Crippen LogP contribution is -2.33. The lowest BCUT2D eigenvalue weighted by Gasteiger charge is -2.31. The maximum atomic E-state index is 5.63. The predicted octanol–water partition coefficient (Wildman–Crippen LogP) is 2.93. The second-order valence-corrected chi connectivity index (χ2v) is 6.70. The van der Waals surface area contributed by atoms with Crippen molar-refractivity contribution in [2.24, 2.45) is 11.7 Å². The lowest BCUT2D eigenvalue weighted by atomic mass is 9.93. The average Bonchev–Trinajstić information content (AvgIpc) is 2.61. The van der Waals surface area contributed by atoms with Crippen LogP contribution in [0.3, 0.4) is 0 Å². The zero-order valence-electron chi connectivity index (χ0n) is 11.0. The van der Waals surface area contributed by atoms with E-state index in [1.807, 2.05) is 11.3 Å². The molecule has 0 spiro atoms. The van der Waals surface area contributed by atoms with E-state index in [-0.39, 0.29) is 0 Å². The van der Waals surface area contributed by atoms with Crippen LogP contribution in [0.15, 0.2) is 6.07 Å². The van der Waals surface area contributed by atoms with Crippen molar-refractivity contribution in [1.82, 2.24) is 4.90 Å². The zero-order valence-corrected chi connectivity index (χ0v) is 11.9. The number of hydrogen-bond acceptors (Lipinski definition) is 3. The third-order valence-corrected chi connectivity index (χ3v) is 4.83. The van der Waals surface area contributed by atoms with Gasteiger partial charge in [-0.05, 0) is 70.3 Å². The molecule has 1 aromatic rings. The molecule has 2 heterocycles. The molecule has 3 heteroatoms. The quantitative estimate of drug-likeness (QED) is 0.893. The highest BCUT2D eigenvalue weighted by Gasteiger charge is 2.19. The smallest absolute Gasteiger partial charge is 0.0244 e. The maximum absolute atomic E-state index is 5.63. The first kappa shape index (κ1) is 13.1. The van der Waals surface area contributed by atoms with Crippen LogP contribution in [-0.4, -0.2) is 24.5 Å². The molecule has 1 saturated heterocycles. The molecule has 96 valence electrons. The number of piperidine rings is 1. The van der Waals surface area contributed by atoms with E-state index in [2.05, 4.69) is 24.8 Å². The van der Waals surface area contributed by atoms with Gasteiger partial charge in [-0.15, -0.1) is 11.3 Å². The molecule has 0 radical (unpaired) electrons. The van der Waals surface area contributed by atoms with Gasteiger partial charge >= 0.3 is 0 Å². The van der Waals surface area contributed by atoms with E-state index in [0.29, 0.717) is 0 Å². The minimum Gasteiger partial charge on any atom is -0.330 e. The summed E-state index contributed by atoms with van der Waals surface area (Å²) in [5.41, 5.74) is 7.16. The fourth-order valence-corrected chi connectivity index (χ4v) is 3.69. The average molecular weight is 252 g/mol. The highest BCUT2D eigenvalue weighted by atomic mass is 32.1. The minimum atomic E-state index is 0.855. The first-order chi connectivity index (χ1) is 8.19. The van der Waals surface area contributed by atoms with E-state index < -0.39 is 0 Å². The summed E-state index contributed by atoms with van der Waals surface area (Å²) >= 11 is 1.92. The summed E-state index contributed by atoms with van der Waals surface area (Å²) in [5.74, 6) is 0.876. The third kappa shape index (κ3) is 3.54. The Morgan fingerprint density at radius 3 is 2.59 bits per heavy atom. The summed E-state index contributed by atoms with van der Waals surface area (Å²) in [6, 6.07) is 2.35. The second kappa shape index (κ2) is 5.98. The molecule has 1 fully saturated rings. The summed E-state index contributed by atoms with van der Waals surface area (Å²) in [7, 11) is 0. The normalized spacial score (nSPS) is 18.8. The van der Waals surface area contributed by atoms with Crippen LogP contribution in [0, 0.1) is 19.8 Å². The monoisotopic (exact) mass is 252 g/mol. The van der Waals surface area contributed by atoms with Crippen LogP contribution in [0.4, 0.5) is 0 Å². The Kier molecular flexibility index (Phi) is 4.60. The molecule has 0 amide bonds. The Labute approximate surface area is 109 Å². The van der Waals surface area contributed by atoms with Crippen LogP contribution in [0.1, 0.15) is 34.6 Å². The maximum Gasteiger partial charge on any atom is 0.0244 e. The van der Waals surface area contributed by atoms with Gasteiger partial charge in [0.05, 0.1) is 0 Å². The van der Waals surface area contributed by atoms with Crippen molar-refractivity contribution in [2.45, 2.75) is 39.7 Å². The van der Waals surface area contributed by atoms with Crippen LogP contribution < -0.4 is 5.73 Å². The highest BCUT2D eigenvalue weighted by Crippen LogP contribution is 2.25. The van der Waals surface area contributed by atoms with E-state index >= 15 is 0 Å². The molecule has 0 unspecified atom stereocenters. The summed E-state index contributed by atoms with van der Waals surface area (Å²) in [5, 5.41) is 0. The van der Waals surface area contributed by atoms with Crippen molar-refractivity contribution in [3.05, 3.63) is 21.4 Å². The van der Waals surface area contributed by atoms with Gasteiger partial charge in [-0.3, -0.25) is 4.90 Å². The molecule has 1 aromatic heterocycles. The van der Waals surface area contributed by atoms with Gasteiger partial charge in [-0.2, -0.15) is 0 Å². The van der Waals surface area contributed by atoms with Crippen molar-refractivity contribution in [3.8, 4) is 0 Å². The summed E-state index contributed by atoms with van der Waals surface area (Å²) in [6.07, 6.45) is 3.88. The fourth-order valence-electron chi connectivity index (χ4n) is 2.75. The van der Waals surface area contributed by atoms with Crippen molar-refractivity contribution >= 4 is 11.3 Å². The van der Waals surface area contributed by atoms with E-state index in [9.17, 15) is 0 Å². The van der Waals surface area contributed by atoms with Gasteiger partial charge in [0.25, 0.3) is 0 Å². The molecule has 0 aromatic carbocycles. The van der Waals surface area contributed by atoms with E-state index in [0.717, 1.165) is 19.0 Å². The standard InChI is InChI=1S/C14H24N2S/c1-11-9-14(12(2)17-11)10-16-7-4-13(3-6-15)5-8-16/h9,13H,3-8,10,15H2,1-2H3. The van der Waals surface area contributed by atoms with Crippen LogP contribution >= 0.6 is 11.3 Å². The van der Waals surface area contributed by atoms with Crippen LogP contribution in [0.5, 0.6) is 0 Å². The minimum absolute atomic E-state index is 0.855. The molecular weight excluding hydrogens is 228 g/mol. The largest absolute Gasteiger partial charge is 0.330 e. The Balaban J connectivity index is 1.84. The molecule has 2 rings (SSSR count). The van der Waals surface area contributed by atoms with Gasteiger partial charge in [0.15, 0.2) is 0 Å². The third-order valence-electron chi connectivity index (χ3n) is 3.82. The first-order valence-electron chi connectivity index (χ1n) is 6.67. The van der Waals surface area contributed by atoms with Crippen molar-refractivity contribution < 1.29 is 0 Å². The number of nitrogens with zero attached hydrogens (tertiary/aromatic N) is 1. The van der Waals surface area contributed by atoms with Crippen LogP contribution in [0.2, 0.25) is 0 Å². The Morgan fingerprint density at radius 2 is 2.06 bits per heavy atom. The number of hydrogen-bond donors (Lipinski definition) is 1. The lowest BCUT2D eigenvalue weighted by molar-refractivity contribution is 0.173. The molecule has 1 aliphatic heterocycles.